The van der Waals surface area contributed by atoms with Crippen LogP contribution in [0.15, 0.2) is 36.4 Å². The van der Waals surface area contributed by atoms with E-state index < -0.39 is 17.6 Å². The molecule has 2 aromatic carbocycles. The Morgan fingerprint density at radius 1 is 0.946 bits per heavy atom. The number of ether oxygens (including phenoxy) is 1. The molecule has 2 amide bonds. The molecule has 0 saturated carbocycles. The number of nitrogens with zero attached hydrogens (tertiary/aromatic N) is 3. The van der Waals surface area contributed by atoms with Gasteiger partial charge in [0.25, 0.3) is 0 Å². The van der Waals surface area contributed by atoms with Crippen LogP contribution in [0.5, 0.6) is 0 Å². The highest BCUT2D eigenvalue weighted by molar-refractivity contribution is 6.30. The van der Waals surface area contributed by atoms with Crippen LogP contribution in [0.2, 0.25) is 5.02 Å². The summed E-state index contributed by atoms with van der Waals surface area (Å²) in [6, 6.07) is 10.6. The van der Waals surface area contributed by atoms with Crippen LogP contribution in [0.1, 0.15) is 49.8 Å². The van der Waals surface area contributed by atoms with Crippen LogP contribution in [-0.4, -0.2) is 66.7 Å². The average molecular weight is 530 g/mol. The summed E-state index contributed by atoms with van der Waals surface area (Å²) in [7, 11) is 0. The number of carbonyl (C=O) groups excluding carboxylic acids is 2. The molecule has 2 atom stereocenters. The number of amides is 2. The van der Waals surface area contributed by atoms with Crippen LogP contribution < -0.4 is 4.90 Å². The standard InChI is InChI=1S/C29H37ClFN3O3/c1-19-6-7-21(30)17-26(19)32-12-14-33(15-13-32)27(35)25-18-34(28(36)37-29(3,4)5)11-10-24(25)23-9-8-22(31)16-20(23)2/h6-9,16-17,24-25H,10-15,18H2,1-5H3. The Labute approximate surface area is 224 Å². The monoisotopic (exact) mass is 529 g/mol. The highest BCUT2D eigenvalue weighted by atomic mass is 35.5. The summed E-state index contributed by atoms with van der Waals surface area (Å²) < 4.78 is 19.5. The Morgan fingerprint density at radius 3 is 2.30 bits per heavy atom. The second-order valence-electron chi connectivity index (χ2n) is 11.2. The third-order valence-corrected chi connectivity index (χ3v) is 7.55. The van der Waals surface area contributed by atoms with Crippen LogP contribution in [-0.2, 0) is 9.53 Å². The topological polar surface area (TPSA) is 53.1 Å². The number of anilines is 1. The second-order valence-corrected chi connectivity index (χ2v) is 11.6. The van der Waals surface area contributed by atoms with Crippen molar-refractivity contribution < 1.29 is 18.7 Å². The Balaban J connectivity index is 1.53. The minimum Gasteiger partial charge on any atom is -0.444 e. The summed E-state index contributed by atoms with van der Waals surface area (Å²) in [6.45, 7) is 12.8. The van der Waals surface area contributed by atoms with E-state index in [2.05, 4.69) is 11.8 Å². The molecule has 0 aliphatic carbocycles. The van der Waals surface area contributed by atoms with Gasteiger partial charge in [-0.25, -0.2) is 9.18 Å². The first kappa shape index (κ1) is 27.2. The smallest absolute Gasteiger partial charge is 0.410 e. The van der Waals surface area contributed by atoms with Gasteiger partial charge in [-0.05, 0) is 87.9 Å². The third kappa shape index (κ3) is 6.38. The maximum Gasteiger partial charge on any atom is 0.410 e. The Bertz CT molecular complexity index is 1160. The molecule has 37 heavy (non-hydrogen) atoms. The molecule has 0 spiro atoms. The number of rotatable bonds is 3. The van der Waals surface area contributed by atoms with E-state index in [9.17, 15) is 14.0 Å². The number of aryl methyl sites for hydroxylation is 2. The molecule has 2 heterocycles. The molecule has 200 valence electrons. The number of piperazine rings is 1. The van der Waals surface area contributed by atoms with Crippen LogP contribution >= 0.6 is 11.6 Å². The summed E-state index contributed by atoms with van der Waals surface area (Å²) in [4.78, 5) is 32.7. The molecule has 0 bridgehead atoms. The van der Waals surface area contributed by atoms with Crippen molar-refractivity contribution in [3.63, 3.8) is 0 Å². The van der Waals surface area contributed by atoms with Crippen molar-refractivity contribution in [1.29, 1.82) is 0 Å². The fourth-order valence-electron chi connectivity index (χ4n) is 5.45. The molecule has 2 fully saturated rings. The average Bonchev–Trinajstić information content (AvgIpc) is 2.84. The number of hydrogen-bond acceptors (Lipinski definition) is 4. The van der Waals surface area contributed by atoms with Gasteiger partial charge in [0.1, 0.15) is 11.4 Å². The lowest BCUT2D eigenvalue weighted by atomic mass is 9.78. The van der Waals surface area contributed by atoms with Gasteiger partial charge in [-0.1, -0.05) is 23.7 Å². The maximum absolute atomic E-state index is 14.0. The van der Waals surface area contributed by atoms with Gasteiger partial charge in [0.15, 0.2) is 0 Å². The van der Waals surface area contributed by atoms with E-state index in [1.165, 1.54) is 12.1 Å². The van der Waals surface area contributed by atoms with Crippen molar-refractivity contribution >= 4 is 29.3 Å². The molecule has 2 unspecified atom stereocenters. The molecule has 2 aliphatic heterocycles. The van der Waals surface area contributed by atoms with Crippen molar-refractivity contribution in [1.82, 2.24) is 9.80 Å². The summed E-state index contributed by atoms with van der Waals surface area (Å²) in [6.07, 6.45) is 0.213. The first-order chi connectivity index (χ1) is 17.4. The van der Waals surface area contributed by atoms with Crippen molar-refractivity contribution in [2.45, 2.75) is 52.6 Å². The third-order valence-electron chi connectivity index (χ3n) is 7.32. The lowest BCUT2D eigenvalue weighted by Gasteiger charge is -2.43. The normalized spacial score (nSPS) is 20.7. The number of halogens is 2. The molecule has 8 heteroatoms. The number of piperidine rings is 1. The molecule has 0 radical (unpaired) electrons. The van der Waals surface area contributed by atoms with E-state index in [0.717, 1.165) is 22.4 Å². The van der Waals surface area contributed by atoms with Crippen LogP contribution in [0.4, 0.5) is 14.9 Å². The van der Waals surface area contributed by atoms with E-state index in [4.69, 9.17) is 16.3 Å². The highest BCUT2D eigenvalue weighted by Gasteiger charge is 2.41. The molecule has 2 aliphatic rings. The zero-order valence-electron chi connectivity index (χ0n) is 22.4. The van der Waals surface area contributed by atoms with Crippen molar-refractivity contribution in [3.8, 4) is 0 Å². The molecular weight excluding hydrogens is 493 g/mol. The van der Waals surface area contributed by atoms with Crippen molar-refractivity contribution in [3.05, 3.63) is 63.9 Å². The molecule has 0 N–H and O–H groups in total. The van der Waals surface area contributed by atoms with E-state index in [1.54, 1.807) is 11.0 Å². The molecule has 6 nitrogen and oxygen atoms in total. The van der Waals surface area contributed by atoms with Crippen LogP contribution in [0, 0.1) is 25.6 Å². The van der Waals surface area contributed by atoms with Gasteiger partial charge < -0.3 is 19.4 Å². The summed E-state index contributed by atoms with van der Waals surface area (Å²) in [5, 5.41) is 0.695. The first-order valence-corrected chi connectivity index (χ1v) is 13.3. The SMILES string of the molecule is Cc1cc(F)ccc1C1CCN(C(=O)OC(C)(C)C)CC1C(=O)N1CCN(c2cc(Cl)ccc2C)CC1. The molecule has 2 aromatic rings. The Hall–Kier alpha value is -2.80. The largest absolute Gasteiger partial charge is 0.444 e. The van der Waals surface area contributed by atoms with E-state index in [0.29, 0.717) is 44.2 Å². The summed E-state index contributed by atoms with van der Waals surface area (Å²) >= 11 is 6.24. The zero-order valence-corrected chi connectivity index (χ0v) is 23.1. The van der Waals surface area contributed by atoms with Gasteiger partial charge in [0.2, 0.25) is 5.91 Å². The van der Waals surface area contributed by atoms with E-state index >= 15 is 0 Å². The molecule has 0 aromatic heterocycles. The Morgan fingerprint density at radius 2 is 1.65 bits per heavy atom. The zero-order chi connectivity index (χ0) is 26.9. The van der Waals surface area contributed by atoms with Gasteiger partial charge in [0.05, 0.1) is 5.92 Å². The minimum atomic E-state index is -0.615. The molecule has 2 saturated heterocycles. The van der Waals surface area contributed by atoms with E-state index in [-0.39, 0.29) is 24.2 Å². The van der Waals surface area contributed by atoms with E-state index in [1.807, 2.05) is 50.8 Å². The minimum absolute atomic E-state index is 0.0319. The van der Waals surface area contributed by atoms with Crippen LogP contribution in [0.25, 0.3) is 0 Å². The van der Waals surface area contributed by atoms with Crippen molar-refractivity contribution in [2.75, 3.05) is 44.2 Å². The number of benzene rings is 2. The summed E-state index contributed by atoms with van der Waals surface area (Å²) in [5.74, 6) is -0.780. The lowest BCUT2D eigenvalue weighted by molar-refractivity contribution is -0.138. The molecular formula is C29H37ClFN3O3. The lowest BCUT2D eigenvalue weighted by Crippen LogP contribution is -2.55. The van der Waals surface area contributed by atoms with Gasteiger partial charge in [-0.3, -0.25) is 4.79 Å². The van der Waals surface area contributed by atoms with Gasteiger partial charge in [-0.15, -0.1) is 0 Å². The number of carbonyl (C=O) groups is 2. The fourth-order valence-corrected chi connectivity index (χ4v) is 5.61. The predicted molar refractivity (Wildman–Crippen MR) is 145 cm³/mol. The quantitative estimate of drug-likeness (QED) is 0.505. The Kier molecular flexibility index (Phi) is 8.02. The van der Waals surface area contributed by atoms with Gasteiger partial charge in [0, 0.05) is 50.0 Å². The van der Waals surface area contributed by atoms with Crippen LogP contribution in [0.3, 0.4) is 0 Å². The fraction of sp³-hybridized carbons (Fsp3) is 0.517. The predicted octanol–water partition coefficient (Wildman–Crippen LogP) is 5.79. The first-order valence-electron chi connectivity index (χ1n) is 13.0. The van der Waals surface area contributed by atoms with Crippen molar-refractivity contribution in [2.24, 2.45) is 5.92 Å². The number of likely N-dealkylation sites (tertiary alicyclic amines) is 1. The summed E-state index contributed by atoms with van der Waals surface area (Å²) in [5.41, 5.74) is 3.42. The number of hydrogen-bond donors (Lipinski definition) is 0. The van der Waals surface area contributed by atoms with Gasteiger partial charge >= 0.3 is 6.09 Å². The maximum atomic E-state index is 14.0. The molecule has 4 rings (SSSR count). The van der Waals surface area contributed by atoms with Gasteiger partial charge in [-0.2, -0.15) is 0 Å². The second kappa shape index (κ2) is 10.9. The highest BCUT2D eigenvalue weighted by Crippen LogP contribution is 2.37.